The van der Waals surface area contributed by atoms with E-state index in [0.29, 0.717) is 36.1 Å². The fourth-order valence-electron chi connectivity index (χ4n) is 5.10. The van der Waals surface area contributed by atoms with Gasteiger partial charge in [-0.2, -0.15) is 0 Å². The molecule has 0 aromatic heterocycles. The summed E-state index contributed by atoms with van der Waals surface area (Å²) in [5.41, 5.74) is 4.68. The van der Waals surface area contributed by atoms with Gasteiger partial charge in [0.1, 0.15) is 5.71 Å². The van der Waals surface area contributed by atoms with Crippen LogP contribution in [0.3, 0.4) is 0 Å². The summed E-state index contributed by atoms with van der Waals surface area (Å²) in [6.45, 7) is 9.93. The molecule has 3 aliphatic rings. The normalized spacial score (nSPS) is 20.2. The minimum Gasteiger partial charge on any atom is -0.450 e. The minimum atomic E-state index is -0.500. The number of carbonyl (C=O) groups is 2. The number of amides is 2. The standard InChI is InChI=1S/C27H29ClN4O3/c1-4-35-26(34)31-14-12-30(13-15-31)17-18-16-27(2,3)32-24-21(18)6-5-7-22(24)23(25(32)33)29-20-10-8-19(28)9-11-20/h5-11,16H,4,12-15,17H2,1-3H3. The Hall–Kier alpha value is -3.16. The number of hydrogen-bond acceptors (Lipinski definition) is 5. The van der Waals surface area contributed by atoms with E-state index in [0.717, 1.165) is 36.4 Å². The summed E-state index contributed by atoms with van der Waals surface area (Å²) in [6.07, 6.45) is 1.95. The van der Waals surface area contributed by atoms with Gasteiger partial charge in [0.2, 0.25) is 0 Å². The average molecular weight is 493 g/mol. The van der Waals surface area contributed by atoms with Crippen LogP contribution >= 0.6 is 11.6 Å². The third kappa shape index (κ3) is 4.34. The van der Waals surface area contributed by atoms with Crippen molar-refractivity contribution in [2.24, 2.45) is 4.99 Å². The number of anilines is 1. The fourth-order valence-corrected chi connectivity index (χ4v) is 5.23. The first-order chi connectivity index (χ1) is 16.8. The Kier molecular flexibility index (Phi) is 6.15. The van der Waals surface area contributed by atoms with Gasteiger partial charge in [-0.05, 0) is 50.6 Å². The second-order valence-corrected chi connectivity index (χ2v) is 10.0. The molecule has 0 N–H and O–H groups in total. The zero-order chi connectivity index (χ0) is 24.7. The lowest BCUT2D eigenvalue weighted by molar-refractivity contribution is -0.112. The molecule has 0 unspecified atom stereocenters. The molecule has 0 saturated carbocycles. The maximum Gasteiger partial charge on any atom is 0.409 e. The van der Waals surface area contributed by atoms with Gasteiger partial charge >= 0.3 is 6.09 Å². The van der Waals surface area contributed by atoms with Gasteiger partial charge < -0.3 is 9.64 Å². The molecule has 7 nitrogen and oxygen atoms in total. The number of halogens is 1. The van der Waals surface area contributed by atoms with Crippen LogP contribution in [0, 0.1) is 0 Å². The molecule has 0 radical (unpaired) electrons. The number of piperazine rings is 1. The van der Waals surface area contributed by atoms with E-state index in [1.54, 1.807) is 17.0 Å². The van der Waals surface area contributed by atoms with E-state index in [2.05, 4.69) is 30.9 Å². The van der Waals surface area contributed by atoms with Gasteiger partial charge in [-0.25, -0.2) is 9.79 Å². The molecule has 8 heteroatoms. The molecule has 3 aliphatic heterocycles. The monoisotopic (exact) mass is 492 g/mol. The van der Waals surface area contributed by atoms with E-state index in [9.17, 15) is 9.59 Å². The Balaban J connectivity index is 1.44. The van der Waals surface area contributed by atoms with E-state index in [4.69, 9.17) is 21.3 Å². The molecule has 0 aliphatic carbocycles. The summed E-state index contributed by atoms with van der Waals surface area (Å²) in [5.74, 6) is -0.0919. The molecule has 2 amide bonds. The Labute approximate surface area is 210 Å². The van der Waals surface area contributed by atoms with Gasteiger partial charge in [-0.1, -0.05) is 35.9 Å². The number of carbonyl (C=O) groups excluding carboxylic acids is 2. The third-order valence-corrected chi connectivity index (χ3v) is 6.98. The number of hydrogen-bond donors (Lipinski definition) is 0. The van der Waals surface area contributed by atoms with Crippen LogP contribution in [-0.2, 0) is 9.53 Å². The second-order valence-electron chi connectivity index (χ2n) is 9.56. The molecule has 0 bridgehead atoms. The third-order valence-electron chi connectivity index (χ3n) is 6.73. The van der Waals surface area contributed by atoms with Crippen LogP contribution in [0.25, 0.3) is 5.57 Å². The zero-order valence-electron chi connectivity index (χ0n) is 20.3. The largest absolute Gasteiger partial charge is 0.450 e. The molecule has 182 valence electrons. The summed E-state index contributed by atoms with van der Waals surface area (Å²) in [5, 5.41) is 0.631. The van der Waals surface area contributed by atoms with Crippen molar-refractivity contribution >= 4 is 46.3 Å². The van der Waals surface area contributed by atoms with E-state index < -0.39 is 5.54 Å². The molecular formula is C27H29ClN4O3. The van der Waals surface area contributed by atoms with Gasteiger partial charge in [-0.3, -0.25) is 14.6 Å². The molecule has 1 saturated heterocycles. The van der Waals surface area contributed by atoms with Crippen molar-refractivity contribution in [3.05, 3.63) is 64.7 Å². The molecule has 1 fully saturated rings. The quantitative estimate of drug-likeness (QED) is 0.617. The smallest absolute Gasteiger partial charge is 0.409 e. The van der Waals surface area contributed by atoms with Crippen molar-refractivity contribution in [1.29, 1.82) is 0 Å². The van der Waals surface area contributed by atoms with Gasteiger partial charge in [0, 0.05) is 48.9 Å². The molecule has 2 aromatic carbocycles. The molecule has 0 atom stereocenters. The first-order valence-corrected chi connectivity index (χ1v) is 12.3. The summed E-state index contributed by atoms with van der Waals surface area (Å²) in [7, 11) is 0. The Morgan fingerprint density at radius 3 is 2.43 bits per heavy atom. The number of nitrogens with zero attached hydrogens (tertiary/aromatic N) is 4. The Morgan fingerprint density at radius 1 is 1.06 bits per heavy atom. The van der Waals surface area contributed by atoms with Crippen LogP contribution in [0.4, 0.5) is 16.2 Å². The zero-order valence-corrected chi connectivity index (χ0v) is 21.0. The van der Waals surface area contributed by atoms with Gasteiger partial charge in [0.25, 0.3) is 5.91 Å². The lowest BCUT2D eigenvalue weighted by Gasteiger charge is -2.41. The number of rotatable bonds is 4. The van der Waals surface area contributed by atoms with E-state index in [1.807, 2.05) is 36.1 Å². The van der Waals surface area contributed by atoms with Gasteiger partial charge in [-0.15, -0.1) is 0 Å². The second kappa shape index (κ2) is 9.13. The van der Waals surface area contributed by atoms with Crippen molar-refractivity contribution < 1.29 is 14.3 Å². The van der Waals surface area contributed by atoms with E-state index in [1.165, 1.54) is 5.57 Å². The number of aliphatic imine (C=N–C) groups is 1. The minimum absolute atomic E-state index is 0.0919. The van der Waals surface area contributed by atoms with Crippen LogP contribution in [-0.4, -0.2) is 72.4 Å². The first kappa shape index (κ1) is 23.6. The summed E-state index contributed by atoms with van der Waals surface area (Å²) in [4.78, 5) is 36.4. The SMILES string of the molecule is CCOC(=O)N1CCN(CC2=CC(C)(C)N3C(=O)C(=Nc4ccc(Cl)cc4)c4cccc2c43)CC1. The van der Waals surface area contributed by atoms with Crippen molar-refractivity contribution in [3.63, 3.8) is 0 Å². The highest BCUT2D eigenvalue weighted by Gasteiger charge is 2.46. The van der Waals surface area contributed by atoms with Crippen LogP contribution in [0.5, 0.6) is 0 Å². The Bertz CT molecular complexity index is 1230. The van der Waals surface area contributed by atoms with Crippen molar-refractivity contribution in [2.45, 2.75) is 26.3 Å². The number of ether oxygens (including phenoxy) is 1. The number of benzene rings is 2. The first-order valence-electron chi connectivity index (χ1n) is 12.0. The lowest BCUT2D eigenvalue weighted by Crippen LogP contribution is -2.50. The Morgan fingerprint density at radius 2 is 1.74 bits per heavy atom. The van der Waals surface area contributed by atoms with Gasteiger partial charge in [0.05, 0.1) is 23.5 Å². The molecular weight excluding hydrogens is 464 g/mol. The topological polar surface area (TPSA) is 65.5 Å². The summed E-state index contributed by atoms with van der Waals surface area (Å²) >= 11 is 6.02. The summed E-state index contributed by atoms with van der Waals surface area (Å²) < 4.78 is 5.14. The highest BCUT2D eigenvalue weighted by Crippen LogP contribution is 2.46. The van der Waals surface area contributed by atoms with E-state index >= 15 is 0 Å². The molecule has 2 aromatic rings. The predicted octanol–water partition coefficient (Wildman–Crippen LogP) is 4.76. The summed E-state index contributed by atoms with van der Waals surface area (Å²) in [6, 6.07) is 13.2. The van der Waals surface area contributed by atoms with Crippen LogP contribution < -0.4 is 4.90 Å². The predicted molar refractivity (Wildman–Crippen MR) is 139 cm³/mol. The lowest BCUT2D eigenvalue weighted by atomic mass is 9.88. The maximum absolute atomic E-state index is 13.6. The van der Waals surface area contributed by atoms with Crippen molar-refractivity contribution in [2.75, 3.05) is 44.2 Å². The van der Waals surface area contributed by atoms with Crippen LogP contribution in [0.1, 0.15) is 31.9 Å². The van der Waals surface area contributed by atoms with Crippen molar-refractivity contribution in [3.8, 4) is 0 Å². The highest BCUT2D eigenvalue weighted by molar-refractivity contribution is 6.55. The van der Waals surface area contributed by atoms with E-state index in [-0.39, 0.29) is 12.0 Å². The molecule has 3 heterocycles. The average Bonchev–Trinajstić information content (AvgIpc) is 3.12. The highest BCUT2D eigenvalue weighted by atomic mass is 35.5. The fraction of sp³-hybridized carbons (Fsp3) is 0.370. The number of para-hydroxylation sites is 1. The van der Waals surface area contributed by atoms with Crippen LogP contribution in [0.2, 0.25) is 5.02 Å². The molecule has 0 spiro atoms. The van der Waals surface area contributed by atoms with Crippen LogP contribution in [0.15, 0.2) is 53.5 Å². The maximum atomic E-state index is 13.6. The van der Waals surface area contributed by atoms with Crippen molar-refractivity contribution in [1.82, 2.24) is 9.80 Å². The van der Waals surface area contributed by atoms with Gasteiger partial charge in [0.15, 0.2) is 0 Å². The molecule has 5 rings (SSSR count). The molecule has 35 heavy (non-hydrogen) atoms.